The van der Waals surface area contributed by atoms with Gasteiger partial charge >= 0.3 is 0 Å². The lowest BCUT2D eigenvalue weighted by molar-refractivity contribution is -0.141. The molecule has 1 unspecified atom stereocenters. The van der Waals surface area contributed by atoms with E-state index in [0.717, 1.165) is 63.7 Å². The number of hydrogen-bond donors (Lipinski definition) is 1. The minimum absolute atomic E-state index is 0.0922. The van der Waals surface area contributed by atoms with Gasteiger partial charge in [-0.15, -0.1) is 0 Å². The summed E-state index contributed by atoms with van der Waals surface area (Å²) in [7, 11) is 0. The van der Waals surface area contributed by atoms with Crippen LogP contribution in [0.1, 0.15) is 219 Å². The van der Waals surface area contributed by atoms with Crippen LogP contribution in [0.4, 0.5) is 0 Å². The van der Waals surface area contributed by atoms with Gasteiger partial charge < -0.3 is 14.8 Å². The van der Waals surface area contributed by atoms with E-state index in [-0.39, 0.29) is 23.9 Å². The maximum absolute atomic E-state index is 14.0. The molecule has 6 heteroatoms. The minimum atomic E-state index is -0.361. The fourth-order valence-corrected chi connectivity index (χ4v) is 7.79. The summed E-state index contributed by atoms with van der Waals surface area (Å²) in [6.45, 7) is 8.03. The van der Waals surface area contributed by atoms with Crippen molar-refractivity contribution in [2.75, 3.05) is 6.54 Å². The van der Waals surface area contributed by atoms with Crippen LogP contribution in [0, 0.1) is 6.92 Å². The van der Waals surface area contributed by atoms with Gasteiger partial charge in [0.25, 0.3) is 0 Å². The van der Waals surface area contributed by atoms with Gasteiger partial charge in [-0.2, -0.15) is 0 Å². The second-order valence-electron chi connectivity index (χ2n) is 15.8. The molecule has 1 aliphatic carbocycles. The largest absolute Gasteiger partial charge is 0.352 e. The smallest absolute Gasteiger partial charge is 0.243 e. The van der Waals surface area contributed by atoms with Crippen molar-refractivity contribution in [2.45, 2.75) is 238 Å². The molecule has 0 radical (unpaired) electrons. The van der Waals surface area contributed by atoms with Gasteiger partial charge in [0.15, 0.2) is 0 Å². The Morgan fingerprint density at radius 3 is 1.82 bits per heavy atom. The quantitative estimate of drug-likeness (QED) is 0.0583. The molecule has 6 nitrogen and oxygen atoms in total. The Bertz CT molecular complexity index is 998. The van der Waals surface area contributed by atoms with Crippen LogP contribution in [-0.4, -0.2) is 44.9 Å². The predicted molar refractivity (Wildman–Crippen MR) is 218 cm³/mol. The number of rotatable bonds is 33. The summed E-state index contributed by atoms with van der Waals surface area (Å²) in [6.07, 6.45) is 45.6. The molecule has 2 amide bonds. The highest BCUT2D eigenvalue weighted by molar-refractivity contribution is 5.87. The number of carbonyl (C=O) groups excluding carboxylic acids is 2. The summed E-state index contributed by atoms with van der Waals surface area (Å²) < 4.78 is 2.16. The molecule has 0 aromatic carbocycles. The molecule has 1 aromatic rings. The number of amides is 2. The van der Waals surface area contributed by atoms with Crippen LogP contribution in [0.2, 0.25) is 0 Å². The molecule has 1 N–H and O–H groups in total. The molecule has 2 rings (SSSR count). The summed E-state index contributed by atoms with van der Waals surface area (Å²) in [5.74, 6) is 1.26. The highest BCUT2D eigenvalue weighted by Crippen LogP contribution is 2.21. The van der Waals surface area contributed by atoms with Crippen LogP contribution in [0.15, 0.2) is 24.5 Å². The van der Waals surface area contributed by atoms with Gasteiger partial charge in [-0.1, -0.05) is 161 Å². The van der Waals surface area contributed by atoms with Crippen LogP contribution in [-0.2, 0) is 16.1 Å². The van der Waals surface area contributed by atoms with Crippen LogP contribution in [0.3, 0.4) is 0 Å². The van der Waals surface area contributed by atoms with Crippen LogP contribution in [0.5, 0.6) is 0 Å². The fraction of sp³-hybridized carbons (Fsp3) is 0.844. The number of allylic oxidation sites excluding steroid dienone is 2. The average Bonchev–Trinajstić information content (AvgIpc) is 3.55. The highest BCUT2D eigenvalue weighted by atomic mass is 16.2. The van der Waals surface area contributed by atoms with Crippen molar-refractivity contribution < 1.29 is 9.59 Å². The van der Waals surface area contributed by atoms with Gasteiger partial charge in [0.1, 0.15) is 11.9 Å². The number of carbonyl (C=O) groups is 2. The van der Waals surface area contributed by atoms with Gasteiger partial charge in [-0.05, 0) is 64.7 Å². The van der Waals surface area contributed by atoms with E-state index >= 15 is 0 Å². The first kappa shape index (κ1) is 45.0. The third kappa shape index (κ3) is 22.5. The molecule has 0 spiro atoms. The topological polar surface area (TPSA) is 67.2 Å². The van der Waals surface area contributed by atoms with Gasteiger partial charge in [0, 0.05) is 37.9 Å². The molecule has 0 saturated heterocycles. The SMILES string of the molecule is CCCCCCCC/C=C\CCCCCCCC(=O)N(CCCn1ccnc1C)C(CCCCCCCCCCCC)C(=O)NC1CCCCC1. The first-order chi connectivity index (χ1) is 25.1. The van der Waals surface area contributed by atoms with E-state index in [0.29, 0.717) is 13.0 Å². The molecule has 51 heavy (non-hydrogen) atoms. The van der Waals surface area contributed by atoms with Crippen LogP contribution in [0.25, 0.3) is 0 Å². The maximum Gasteiger partial charge on any atom is 0.243 e. The minimum Gasteiger partial charge on any atom is -0.352 e. The zero-order valence-electron chi connectivity index (χ0n) is 34.0. The Kier molecular flexibility index (Phi) is 27.8. The van der Waals surface area contributed by atoms with E-state index in [1.165, 1.54) is 141 Å². The third-order valence-corrected chi connectivity index (χ3v) is 11.2. The van der Waals surface area contributed by atoms with Gasteiger partial charge in [-0.25, -0.2) is 4.98 Å². The van der Waals surface area contributed by atoms with Crippen molar-refractivity contribution in [3.63, 3.8) is 0 Å². The van der Waals surface area contributed by atoms with E-state index in [9.17, 15) is 9.59 Å². The number of unbranched alkanes of at least 4 members (excludes halogenated alkanes) is 20. The van der Waals surface area contributed by atoms with Crippen molar-refractivity contribution >= 4 is 11.8 Å². The summed E-state index contributed by atoms with van der Waals surface area (Å²) in [5, 5.41) is 3.42. The second-order valence-corrected chi connectivity index (χ2v) is 15.8. The van der Waals surface area contributed by atoms with Crippen molar-refractivity contribution in [2.24, 2.45) is 0 Å². The Balaban J connectivity index is 1.86. The van der Waals surface area contributed by atoms with Gasteiger partial charge in [0.2, 0.25) is 11.8 Å². The summed E-state index contributed by atoms with van der Waals surface area (Å²) in [6, 6.07) is -0.0992. The summed E-state index contributed by atoms with van der Waals surface area (Å²) in [5.41, 5.74) is 0. The molecular weight excluding hydrogens is 629 g/mol. The van der Waals surface area contributed by atoms with Gasteiger partial charge in [-0.3, -0.25) is 9.59 Å². The van der Waals surface area contributed by atoms with Crippen molar-refractivity contribution in [3.05, 3.63) is 30.4 Å². The molecule has 1 heterocycles. The van der Waals surface area contributed by atoms with E-state index in [1.807, 2.05) is 24.2 Å². The lowest BCUT2D eigenvalue weighted by Crippen LogP contribution is -2.52. The Morgan fingerprint density at radius 2 is 1.27 bits per heavy atom. The zero-order valence-corrected chi connectivity index (χ0v) is 34.0. The molecule has 1 aliphatic rings. The summed E-state index contributed by atoms with van der Waals surface area (Å²) >= 11 is 0. The zero-order chi connectivity index (χ0) is 36.6. The number of aromatic nitrogens is 2. The Labute approximate surface area is 315 Å². The van der Waals surface area contributed by atoms with Crippen LogP contribution >= 0.6 is 0 Å². The fourth-order valence-electron chi connectivity index (χ4n) is 7.79. The van der Waals surface area contributed by atoms with Crippen molar-refractivity contribution in [1.82, 2.24) is 19.8 Å². The third-order valence-electron chi connectivity index (χ3n) is 11.2. The normalized spacial score (nSPS) is 14.3. The first-order valence-corrected chi connectivity index (χ1v) is 22.3. The molecule has 1 aromatic heterocycles. The highest BCUT2D eigenvalue weighted by Gasteiger charge is 2.30. The first-order valence-electron chi connectivity index (χ1n) is 22.3. The van der Waals surface area contributed by atoms with E-state index in [4.69, 9.17) is 0 Å². The Hall–Kier alpha value is -2.11. The standard InChI is InChI=1S/C45H82N4O2/c1-4-6-8-10-12-14-16-17-18-19-20-22-24-26-31-36-44(50)49(39-32-38-48-40-37-46-41(48)3)43(45(51)47-42-33-28-27-29-34-42)35-30-25-23-21-15-13-11-9-7-5-2/h17-18,37,40,42-43H,4-16,19-36,38-39H2,1-3H3,(H,47,51)/b18-17-. The predicted octanol–water partition coefficient (Wildman–Crippen LogP) is 12.6. The monoisotopic (exact) mass is 711 g/mol. The average molecular weight is 711 g/mol. The lowest BCUT2D eigenvalue weighted by Gasteiger charge is -2.33. The summed E-state index contributed by atoms with van der Waals surface area (Å²) in [4.78, 5) is 34.3. The molecule has 0 bridgehead atoms. The number of imidazole rings is 1. The maximum atomic E-state index is 14.0. The number of aryl methyl sites for hydroxylation is 2. The van der Waals surface area contributed by atoms with Crippen molar-refractivity contribution in [3.8, 4) is 0 Å². The van der Waals surface area contributed by atoms with E-state index in [2.05, 4.69) is 40.9 Å². The molecule has 1 saturated carbocycles. The molecule has 294 valence electrons. The number of hydrogen-bond acceptors (Lipinski definition) is 3. The molecular formula is C45H82N4O2. The van der Waals surface area contributed by atoms with Gasteiger partial charge in [0.05, 0.1) is 0 Å². The molecule has 1 fully saturated rings. The number of nitrogens with one attached hydrogen (secondary N) is 1. The number of nitrogens with zero attached hydrogens (tertiary/aromatic N) is 3. The van der Waals surface area contributed by atoms with Crippen LogP contribution < -0.4 is 5.32 Å². The van der Waals surface area contributed by atoms with E-state index < -0.39 is 0 Å². The van der Waals surface area contributed by atoms with Crippen molar-refractivity contribution in [1.29, 1.82) is 0 Å². The second kappa shape index (κ2) is 31.4. The molecule has 0 aliphatic heterocycles. The lowest BCUT2D eigenvalue weighted by atomic mass is 9.94. The Morgan fingerprint density at radius 1 is 0.745 bits per heavy atom. The molecule has 1 atom stereocenters. The van der Waals surface area contributed by atoms with E-state index in [1.54, 1.807) is 0 Å².